The predicted octanol–water partition coefficient (Wildman–Crippen LogP) is 2.69. The lowest BCUT2D eigenvalue weighted by Crippen LogP contribution is -2.42. The Kier molecular flexibility index (Phi) is 4.34. The maximum atomic E-state index is 13.9. The third kappa shape index (κ3) is 2.96. The molecule has 0 aliphatic heterocycles. The molecule has 5 heteroatoms. The molecule has 1 aromatic rings. The molecule has 1 aliphatic rings. The molecule has 1 aromatic heterocycles. The van der Waals surface area contributed by atoms with Gasteiger partial charge in [-0.1, -0.05) is 0 Å². The maximum absolute atomic E-state index is 13.9. The fourth-order valence-corrected chi connectivity index (χ4v) is 2.34. The minimum Gasteiger partial charge on any atom is -0.351 e. The summed E-state index contributed by atoms with van der Waals surface area (Å²) in [6.45, 7) is 1.41. The molecule has 0 atom stereocenters. The summed E-state index contributed by atoms with van der Waals surface area (Å²) in [5.74, 6) is 0.203. The average Bonchev–Trinajstić information content (AvgIpc) is 2.22. The second-order valence-corrected chi connectivity index (χ2v) is 5.29. The van der Waals surface area contributed by atoms with E-state index in [-0.39, 0.29) is 5.82 Å². The second kappa shape index (κ2) is 5.78. The topological polar surface area (TPSA) is 42.1 Å². The number of halogens is 2. The first-order valence-electron chi connectivity index (χ1n) is 6.00. The van der Waals surface area contributed by atoms with Crippen LogP contribution in [0.2, 0.25) is 0 Å². The highest BCUT2D eigenvalue weighted by atomic mass is 79.9. The van der Waals surface area contributed by atoms with Crippen molar-refractivity contribution in [3.8, 4) is 0 Å². The van der Waals surface area contributed by atoms with Gasteiger partial charge in [0.15, 0.2) is 11.6 Å². The van der Waals surface area contributed by atoms with Crippen molar-refractivity contribution in [1.82, 2.24) is 4.98 Å². The Bertz CT molecular complexity index is 382. The van der Waals surface area contributed by atoms with Gasteiger partial charge < -0.3 is 10.6 Å². The zero-order valence-corrected chi connectivity index (χ0v) is 11.3. The first-order valence-corrected chi connectivity index (χ1v) is 6.79. The fraction of sp³-hybridized carbons (Fsp3) is 0.583. The van der Waals surface area contributed by atoms with Crippen molar-refractivity contribution in [3.05, 3.63) is 22.6 Å². The monoisotopic (exact) mass is 301 g/mol. The van der Waals surface area contributed by atoms with Crippen LogP contribution in [0, 0.1) is 5.82 Å². The van der Waals surface area contributed by atoms with E-state index in [9.17, 15) is 4.39 Å². The number of pyridine rings is 1. The van der Waals surface area contributed by atoms with Gasteiger partial charge in [0.05, 0.1) is 0 Å². The summed E-state index contributed by atoms with van der Waals surface area (Å²) in [6.07, 6.45) is 5.99. The van der Waals surface area contributed by atoms with E-state index in [2.05, 4.69) is 25.8 Å². The normalized spacial score (nSPS) is 15.7. The summed E-state index contributed by atoms with van der Waals surface area (Å²) < 4.78 is 14.6. The van der Waals surface area contributed by atoms with Gasteiger partial charge in [-0.25, -0.2) is 9.37 Å². The lowest BCUT2D eigenvalue weighted by Gasteiger charge is -2.38. The van der Waals surface area contributed by atoms with Gasteiger partial charge >= 0.3 is 0 Å². The fourth-order valence-electron chi connectivity index (χ4n) is 2.04. The molecule has 0 bridgehead atoms. The Labute approximate surface area is 109 Å². The van der Waals surface area contributed by atoms with E-state index in [4.69, 9.17) is 5.73 Å². The lowest BCUT2D eigenvalue weighted by molar-refractivity contribution is 0.378. The molecule has 1 fully saturated rings. The zero-order valence-electron chi connectivity index (χ0n) is 9.70. The molecule has 94 valence electrons. The summed E-state index contributed by atoms with van der Waals surface area (Å²) in [5, 5.41) is 0. The molecule has 0 amide bonds. The Hall–Kier alpha value is -0.680. The largest absolute Gasteiger partial charge is 0.351 e. The van der Waals surface area contributed by atoms with Gasteiger partial charge in [-0.15, -0.1) is 0 Å². The van der Waals surface area contributed by atoms with Crippen molar-refractivity contribution >= 4 is 21.7 Å². The van der Waals surface area contributed by atoms with E-state index < -0.39 is 0 Å². The number of rotatable bonds is 5. The summed E-state index contributed by atoms with van der Waals surface area (Å²) >= 11 is 3.23. The number of nitrogens with zero attached hydrogens (tertiary/aromatic N) is 2. The molecule has 0 saturated heterocycles. The average molecular weight is 302 g/mol. The maximum Gasteiger partial charge on any atom is 0.166 e. The molecule has 0 unspecified atom stereocenters. The van der Waals surface area contributed by atoms with Crippen molar-refractivity contribution in [2.75, 3.05) is 18.0 Å². The Morgan fingerprint density at radius 3 is 2.82 bits per heavy atom. The minimum atomic E-state index is -0.261. The third-order valence-corrected chi connectivity index (χ3v) is 3.61. The first-order chi connectivity index (χ1) is 8.22. The van der Waals surface area contributed by atoms with Gasteiger partial charge in [0.25, 0.3) is 0 Å². The van der Waals surface area contributed by atoms with Crippen LogP contribution in [0.3, 0.4) is 0 Å². The zero-order chi connectivity index (χ0) is 12.3. The molecule has 0 radical (unpaired) electrons. The van der Waals surface area contributed by atoms with Crippen molar-refractivity contribution < 1.29 is 4.39 Å². The van der Waals surface area contributed by atoms with Gasteiger partial charge in [-0.2, -0.15) is 0 Å². The molecule has 1 aliphatic carbocycles. The van der Waals surface area contributed by atoms with Gasteiger partial charge in [-0.3, -0.25) is 0 Å². The SMILES string of the molecule is NCCCN(c1ncc(Br)cc1F)C1CCC1. The smallest absolute Gasteiger partial charge is 0.166 e. The van der Waals surface area contributed by atoms with E-state index >= 15 is 0 Å². The third-order valence-electron chi connectivity index (χ3n) is 3.18. The minimum absolute atomic E-state index is 0.261. The van der Waals surface area contributed by atoms with E-state index in [0.717, 1.165) is 25.8 Å². The summed E-state index contributed by atoms with van der Waals surface area (Å²) in [6, 6.07) is 1.90. The van der Waals surface area contributed by atoms with Gasteiger partial charge in [0, 0.05) is 23.3 Å². The van der Waals surface area contributed by atoms with Crippen LogP contribution in [0.25, 0.3) is 0 Å². The van der Waals surface area contributed by atoms with Crippen LogP contribution in [0.1, 0.15) is 25.7 Å². The van der Waals surface area contributed by atoms with Crippen molar-refractivity contribution in [3.63, 3.8) is 0 Å². The lowest BCUT2D eigenvalue weighted by atomic mass is 9.91. The highest BCUT2D eigenvalue weighted by molar-refractivity contribution is 9.10. The highest BCUT2D eigenvalue weighted by Gasteiger charge is 2.27. The molecular weight excluding hydrogens is 285 g/mol. The van der Waals surface area contributed by atoms with Crippen LogP contribution in [-0.2, 0) is 0 Å². The van der Waals surface area contributed by atoms with E-state index in [1.807, 2.05) is 0 Å². The Morgan fingerprint density at radius 1 is 1.53 bits per heavy atom. The van der Waals surface area contributed by atoms with Crippen LogP contribution in [0.4, 0.5) is 10.2 Å². The van der Waals surface area contributed by atoms with E-state index in [1.54, 1.807) is 6.20 Å². The molecule has 1 saturated carbocycles. The first kappa shape index (κ1) is 12.8. The van der Waals surface area contributed by atoms with Crippen LogP contribution in [-0.4, -0.2) is 24.1 Å². The standard InChI is InChI=1S/C12H17BrFN3/c13-9-7-11(14)12(16-8-9)17(6-2-5-15)10-3-1-4-10/h7-8,10H,1-6,15H2. The van der Waals surface area contributed by atoms with Gasteiger partial charge in [0.2, 0.25) is 0 Å². The Balaban J connectivity index is 2.17. The molecule has 1 heterocycles. The van der Waals surface area contributed by atoms with Gasteiger partial charge in [-0.05, 0) is 54.2 Å². The van der Waals surface area contributed by atoms with E-state index in [1.165, 1.54) is 12.5 Å². The molecule has 0 aromatic carbocycles. The molecule has 3 nitrogen and oxygen atoms in total. The predicted molar refractivity (Wildman–Crippen MR) is 70.6 cm³/mol. The van der Waals surface area contributed by atoms with Crippen molar-refractivity contribution in [1.29, 1.82) is 0 Å². The highest BCUT2D eigenvalue weighted by Crippen LogP contribution is 2.30. The van der Waals surface area contributed by atoms with Gasteiger partial charge in [0.1, 0.15) is 0 Å². The quantitative estimate of drug-likeness (QED) is 0.909. The summed E-state index contributed by atoms with van der Waals surface area (Å²) in [7, 11) is 0. The molecular formula is C12H17BrFN3. The number of hydrogen-bond acceptors (Lipinski definition) is 3. The second-order valence-electron chi connectivity index (χ2n) is 4.38. The molecule has 2 N–H and O–H groups in total. The molecule has 17 heavy (non-hydrogen) atoms. The summed E-state index contributed by atoms with van der Waals surface area (Å²) in [5.41, 5.74) is 5.53. The van der Waals surface area contributed by atoms with E-state index in [0.29, 0.717) is 22.9 Å². The van der Waals surface area contributed by atoms with Crippen molar-refractivity contribution in [2.24, 2.45) is 5.73 Å². The van der Waals surface area contributed by atoms with Crippen LogP contribution in [0.5, 0.6) is 0 Å². The van der Waals surface area contributed by atoms with Crippen LogP contribution in [0.15, 0.2) is 16.7 Å². The number of aromatic nitrogens is 1. The number of hydrogen-bond donors (Lipinski definition) is 1. The number of nitrogens with two attached hydrogens (primary N) is 1. The van der Waals surface area contributed by atoms with Crippen molar-refractivity contribution in [2.45, 2.75) is 31.7 Å². The Morgan fingerprint density at radius 2 is 2.29 bits per heavy atom. The van der Waals surface area contributed by atoms with Crippen LogP contribution >= 0.6 is 15.9 Å². The summed E-state index contributed by atoms with van der Waals surface area (Å²) in [4.78, 5) is 6.26. The number of anilines is 1. The molecule has 2 rings (SSSR count). The molecule has 0 spiro atoms. The van der Waals surface area contributed by atoms with Crippen LogP contribution < -0.4 is 10.6 Å².